The van der Waals surface area contributed by atoms with E-state index in [2.05, 4.69) is 20.1 Å². The second-order valence-corrected chi connectivity index (χ2v) is 8.52. The number of ether oxygens (including phenoxy) is 1. The molecule has 3 rings (SSSR count). The molecule has 146 valence electrons. The van der Waals surface area contributed by atoms with E-state index in [9.17, 15) is 9.59 Å². The molecule has 9 heteroatoms. The van der Waals surface area contributed by atoms with Crippen molar-refractivity contribution < 1.29 is 14.3 Å². The largest absolute Gasteiger partial charge is 0.467 e. The molecule has 1 saturated carbocycles. The first-order valence-corrected chi connectivity index (χ1v) is 10.9. The molecular formula is C18H24N4O3S2. The summed E-state index contributed by atoms with van der Waals surface area (Å²) in [6.07, 6.45) is 2.98. The van der Waals surface area contributed by atoms with E-state index in [0.717, 1.165) is 35.1 Å². The van der Waals surface area contributed by atoms with Gasteiger partial charge in [-0.3, -0.25) is 9.36 Å². The minimum Gasteiger partial charge on any atom is -0.467 e. The number of thiophene rings is 1. The second-order valence-electron chi connectivity index (χ2n) is 6.63. The van der Waals surface area contributed by atoms with Crippen LogP contribution >= 0.6 is 23.1 Å². The maximum Gasteiger partial charge on any atom is 0.328 e. The Morgan fingerprint density at radius 1 is 1.44 bits per heavy atom. The van der Waals surface area contributed by atoms with Gasteiger partial charge in [0.05, 0.1) is 17.7 Å². The number of carbonyl (C=O) groups excluding carboxylic acids is 2. The second kappa shape index (κ2) is 8.88. The molecule has 2 aromatic rings. The van der Waals surface area contributed by atoms with E-state index in [1.54, 1.807) is 11.3 Å². The van der Waals surface area contributed by atoms with Crippen molar-refractivity contribution in [2.75, 3.05) is 12.9 Å². The van der Waals surface area contributed by atoms with Gasteiger partial charge in [-0.1, -0.05) is 38.1 Å². The summed E-state index contributed by atoms with van der Waals surface area (Å²) < 4.78 is 6.95. The number of nitrogens with zero attached hydrogens (tertiary/aromatic N) is 3. The van der Waals surface area contributed by atoms with Gasteiger partial charge in [0.25, 0.3) is 0 Å². The third kappa shape index (κ3) is 4.70. The molecule has 2 aromatic heterocycles. The number of nitrogens with one attached hydrogen (secondary N) is 1. The highest BCUT2D eigenvalue weighted by atomic mass is 32.2. The highest BCUT2D eigenvalue weighted by Crippen LogP contribution is 2.41. The topological polar surface area (TPSA) is 86.1 Å². The van der Waals surface area contributed by atoms with E-state index in [-0.39, 0.29) is 17.6 Å². The van der Waals surface area contributed by atoms with Crippen molar-refractivity contribution in [2.45, 2.75) is 50.4 Å². The summed E-state index contributed by atoms with van der Waals surface area (Å²) >= 11 is 2.98. The average molecular weight is 409 g/mol. The molecule has 0 bridgehead atoms. The maximum atomic E-state index is 12.4. The third-order valence-corrected chi connectivity index (χ3v) is 6.44. The number of methoxy groups -OCH3 is 1. The van der Waals surface area contributed by atoms with Gasteiger partial charge in [-0.15, -0.1) is 21.5 Å². The van der Waals surface area contributed by atoms with Crippen molar-refractivity contribution in [1.82, 2.24) is 20.1 Å². The zero-order chi connectivity index (χ0) is 19.4. The average Bonchev–Trinajstić information content (AvgIpc) is 3.20. The molecular weight excluding hydrogens is 384 g/mol. The van der Waals surface area contributed by atoms with Crippen LogP contribution in [0.5, 0.6) is 0 Å². The van der Waals surface area contributed by atoms with E-state index in [4.69, 9.17) is 4.74 Å². The quantitative estimate of drug-likeness (QED) is 0.507. The van der Waals surface area contributed by atoms with E-state index < -0.39 is 12.0 Å². The number of carbonyl (C=O) groups is 2. The van der Waals surface area contributed by atoms with Gasteiger partial charge >= 0.3 is 5.97 Å². The maximum absolute atomic E-state index is 12.4. The predicted molar refractivity (Wildman–Crippen MR) is 106 cm³/mol. The van der Waals surface area contributed by atoms with Crippen molar-refractivity contribution in [2.24, 2.45) is 5.92 Å². The van der Waals surface area contributed by atoms with Crippen LogP contribution in [0.15, 0.2) is 22.7 Å². The molecule has 2 heterocycles. The summed E-state index contributed by atoms with van der Waals surface area (Å²) in [6.45, 7) is 3.90. The Kier molecular flexibility index (Phi) is 6.54. The minimum absolute atomic E-state index is 0.00643. The Labute approximate surface area is 166 Å². The number of thioether (sulfide) groups is 1. The van der Waals surface area contributed by atoms with Crippen LogP contribution in [0.25, 0.3) is 10.7 Å². The Hall–Kier alpha value is -1.87. The zero-order valence-corrected chi connectivity index (χ0v) is 17.3. The van der Waals surface area contributed by atoms with Gasteiger partial charge < -0.3 is 10.1 Å². The smallest absolute Gasteiger partial charge is 0.328 e. The third-order valence-electron chi connectivity index (χ3n) is 4.64. The van der Waals surface area contributed by atoms with Crippen LogP contribution in [0, 0.1) is 5.92 Å². The van der Waals surface area contributed by atoms with E-state index in [1.165, 1.54) is 18.9 Å². The highest BCUT2D eigenvalue weighted by Gasteiger charge is 2.31. The first-order valence-electron chi connectivity index (χ1n) is 9.03. The number of hydrogen-bond acceptors (Lipinski definition) is 7. The predicted octanol–water partition coefficient (Wildman–Crippen LogP) is 3.14. The van der Waals surface area contributed by atoms with Crippen LogP contribution in [-0.4, -0.2) is 45.5 Å². The van der Waals surface area contributed by atoms with Crippen molar-refractivity contribution in [3.05, 3.63) is 17.5 Å². The van der Waals surface area contributed by atoms with E-state index in [1.807, 2.05) is 31.4 Å². The molecule has 0 saturated heterocycles. The zero-order valence-electron chi connectivity index (χ0n) is 15.7. The molecule has 1 amide bonds. The van der Waals surface area contributed by atoms with Crippen LogP contribution in [0.1, 0.15) is 39.2 Å². The molecule has 27 heavy (non-hydrogen) atoms. The highest BCUT2D eigenvalue weighted by molar-refractivity contribution is 7.99. The summed E-state index contributed by atoms with van der Waals surface area (Å²) in [5.41, 5.74) is 0. The summed E-state index contributed by atoms with van der Waals surface area (Å²) in [6, 6.07) is 3.80. The summed E-state index contributed by atoms with van der Waals surface area (Å²) in [5, 5.41) is 14.2. The summed E-state index contributed by atoms with van der Waals surface area (Å²) in [7, 11) is 1.34. The molecule has 2 atom stereocenters. The minimum atomic E-state index is -0.629. The van der Waals surface area contributed by atoms with Crippen LogP contribution in [-0.2, 0) is 14.3 Å². The molecule has 7 nitrogen and oxygen atoms in total. The van der Waals surface area contributed by atoms with Crippen molar-refractivity contribution in [3.8, 4) is 10.7 Å². The number of rotatable bonds is 9. The molecule has 1 fully saturated rings. The van der Waals surface area contributed by atoms with Crippen LogP contribution in [0.4, 0.5) is 0 Å². The lowest BCUT2D eigenvalue weighted by Crippen LogP contribution is -2.46. The Morgan fingerprint density at radius 2 is 2.22 bits per heavy atom. The number of amides is 1. The van der Waals surface area contributed by atoms with Crippen LogP contribution in [0.2, 0.25) is 0 Å². The summed E-state index contributed by atoms with van der Waals surface area (Å²) in [4.78, 5) is 25.4. The molecule has 1 aliphatic rings. The van der Waals surface area contributed by atoms with Gasteiger partial charge in [0.15, 0.2) is 11.0 Å². The standard InChI is InChI=1S/C18H24N4O3S2/c1-4-11(2)15(17(24)25-3)19-14(23)10-27-18-21-20-16(13-6-5-9-26-13)22(18)12-7-8-12/h5-6,9,11-12,15H,4,7-8,10H2,1-3H3,(H,19,23)/t11-,15-/m1/s1. The Morgan fingerprint density at radius 3 is 2.81 bits per heavy atom. The monoisotopic (exact) mass is 408 g/mol. The van der Waals surface area contributed by atoms with Gasteiger partial charge in [-0.05, 0) is 30.2 Å². The van der Waals surface area contributed by atoms with Crippen LogP contribution < -0.4 is 5.32 Å². The Bertz CT molecular complexity index is 787. The first-order chi connectivity index (χ1) is 13.0. The SMILES string of the molecule is CC[C@@H](C)[C@@H](NC(=O)CSc1nnc(-c2cccs2)n1C1CC1)C(=O)OC. The molecule has 1 N–H and O–H groups in total. The van der Waals surface area contributed by atoms with Gasteiger partial charge in [0, 0.05) is 6.04 Å². The van der Waals surface area contributed by atoms with E-state index >= 15 is 0 Å². The van der Waals surface area contributed by atoms with Crippen LogP contribution in [0.3, 0.4) is 0 Å². The molecule has 0 aromatic carbocycles. The van der Waals surface area contributed by atoms with Gasteiger partial charge in [-0.25, -0.2) is 4.79 Å². The lowest BCUT2D eigenvalue weighted by atomic mass is 9.99. The number of aromatic nitrogens is 3. The van der Waals surface area contributed by atoms with Crippen molar-refractivity contribution >= 4 is 35.0 Å². The number of hydrogen-bond donors (Lipinski definition) is 1. The lowest BCUT2D eigenvalue weighted by Gasteiger charge is -2.21. The van der Waals surface area contributed by atoms with Gasteiger partial charge in [0.2, 0.25) is 5.91 Å². The van der Waals surface area contributed by atoms with Crippen molar-refractivity contribution in [3.63, 3.8) is 0 Å². The molecule has 0 radical (unpaired) electrons. The first kappa shape index (κ1) is 19.9. The molecule has 0 spiro atoms. The summed E-state index contributed by atoms with van der Waals surface area (Å²) in [5.74, 6) is 0.427. The molecule has 0 unspecified atom stereocenters. The van der Waals surface area contributed by atoms with Crippen molar-refractivity contribution in [1.29, 1.82) is 0 Å². The van der Waals surface area contributed by atoms with Gasteiger partial charge in [-0.2, -0.15) is 0 Å². The normalized spacial score (nSPS) is 16.0. The Balaban J connectivity index is 1.66. The lowest BCUT2D eigenvalue weighted by molar-refractivity contribution is -0.146. The fraction of sp³-hybridized carbons (Fsp3) is 0.556. The van der Waals surface area contributed by atoms with E-state index in [0.29, 0.717) is 6.04 Å². The number of esters is 1. The fourth-order valence-corrected chi connectivity index (χ4v) is 4.27. The molecule has 1 aliphatic carbocycles. The van der Waals surface area contributed by atoms with Gasteiger partial charge in [0.1, 0.15) is 6.04 Å². The molecule has 0 aliphatic heterocycles. The fourth-order valence-electron chi connectivity index (χ4n) is 2.75.